The molecule has 1 aliphatic rings. The third-order valence-electron chi connectivity index (χ3n) is 3.96. The summed E-state index contributed by atoms with van der Waals surface area (Å²) in [4.78, 5) is 22.6. The van der Waals surface area contributed by atoms with Crippen LogP contribution in [-0.4, -0.2) is 23.1 Å². The predicted octanol–water partition coefficient (Wildman–Crippen LogP) is 3.39. The molecule has 19 heavy (non-hydrogen) atoms. The Labute approximate surface area is 115 Å². The highest BCUT2D eigenvalue weighted by molar-refractivity contribution is 5.84. The lowest BCUT2D eigenvalue weighted by Crippen LogP contribution is -2.27. The fraction of sp³-hybridized carbons (Fsp3) is 0.867. The molecule has 0 aromatic rings. The Morgan fingerprint density at radius 2 is 1.74 bits per heavy atom. The first-order valence-corrected chi connectivity index (χ1v) is 7.51. The normalized spacial score (nSPS) is 26.4. The van der Waals surface area contributed by atoms with Gasteiger partial charge in [-0.25, -0.2) is 0 Å². The average Bonchev–Trinajstić information content (AvgIpc) is 2.64. The van der Waals surface area contributed by atoms with E-state index in [1.54, 1.807) is 6.92 Å². The molecule has 1 fully saturated rings. The fourth-order valence-electron chi connectivity index (χ4n) is 2.71. The van der Waals surface area contributed by atoms with Crippen molar-refractivity contribution in [2.75, 3.05) is 0 Å². The Balaban J connectivity index is 2.21. The van der Waals surface area contributed by atoms with Crippen molar-refractivity contribution in [1.29, 1.82) is 0 Å². The summed E-state index contributed by atoms with van der Waals surface area (Å²) in [6, 6.07) is 0. The Hall–Kier alpha value is -1.06. The summed E-state index contributed by atoms with van der Waals surface area (Å²) < 4.78 is 5.17. The third kappa shape index (κ3) is 4.84. The largest absolute Gasteiger partial charge is 0.481 e. The number of ether oxygens (including phenoxy) is 1. The van der Waals surface area contributed by atoms with Gasteiger partial charge in [0.25, 0.3) is 0 Å². The summed E-state index contributed by atoms with van der Waals surface area (Å²) >= 11 is 0. The number of carboxylic acid groups (broad SMARTS) is 1. The minimum Gasteiger partial charge on any atom is -0.481 e. The van der Waals surface area contributed by atoms with Crippen LogP contribution in [0.15, 0.2) is 0 Å². The van der Waals surface area contributed by atoms with Gasteiger partial charge in [-0.15, -0.1) is 0 Å². The van der Waals surface area contributed by atoms with Gasteiger partial charge >= 0.3 is 11.9 Å². The minimum absolute atomic E-state index is 0.361. The number of rotatable bonds is 9. The van der Waals surface area contributed by atoms with Gasteiger partial charge in [0.15, 0.2) is 0 Å². The topological polar surface area (TPSA) is 63.6 Å². The molecule has 0 aromatic heterocycles. The molecule has 1 aliphatic heterocycles. The van der Waals surface area contributed by atoms with E-state index in [0.29, 0.717) is 6.42 Å². The molecule has 4 heteroatoms. The van der Waals surface area contributed by atoms with Crippen LogP contribution in [0.5, 0.6) is 0 Å². The van der Waals surface area contributed by atoms with Crippen LogP contribution in [0.2, 0.25) is 0 Å². The highest BCUT2D eigenvalue weighted by atomic mass is 16.6. The second-order valence-corrected chi connectivity index (χ2v) is 5.54. The van der Waals surface area contributed by atoms with Crippen molar-refractivity contribution in [3.8, 4) is 0 Å². The maximum Gasteiger partial charge on any atom is 0.311 e. The van der Waals surface area contributed by atoms with E-state index in [1.807, 2.05) is 0 Å². The molecule has 0 spiro atoms. The van der Waals surface area contributed by atoms with Gasteiger partial charge < -0.3 is 9.84 Å². The maximum atomic E-state index is 11.4. The first-order valence-electron chi connectivity index (χ1n) is 7.51. The molecule has 0 aromatic carbocycles. The Morgan fingerprint density at radius 3 is 2.32 bits per heavy atom. The SMILES string of the molecule is CCCCCCCCCC1OC(=O)C(C)C1C(=O)O. The number of carboxylic acids is 1. The molecule has 1 rings (SSSR count). The molecule has 0 saturated carbocycles. The lowest BCUT2D eigenvalue weighted by Gasteiger charge is -2.15. The third-order valence-corrected chi connectivity index (χ3v) is 3.96. The molecule has 0 radical (unpaired) electrons. The first-order chi connectivity index (χ1) is 9.07. The van der Waals surface area contributed by atoms with Crippen LogP contribution in [0.25, 0.3) is 0 Å². The van der Waals surface area contributed by atoms with Gasteiger partial charge in [-0.3, -0.25) is 9.59 Å². The lowest BCUT2D eigenvalue weighted by molar-refractivity contribution is -0.144. The Kier molecular flexibility index (Phi) is 6.89. The van der Waals surface area contributed by atoms with Crippen molar-refractivity contribution in [2.45, 2.75) is 71.3 Å². The van der Waals surface area contributed by atoms with Gasteiger partial charge in [-0.1, -0.05) is 52.4 Å². The molecule has 1 saturated heterocycles. The number of carbonyl (C=O) groups excluding carboxylic acids is 1. The molecule has 0 aliphatic carbocycles. The van der Waals surface area contributed by atoms with Crippen molar-refractivity contribution in [2.24, 2.45) is 11.8 Å². The predicted molar refractivity (Wildman–Crippen MR) is 72.8 cm³/mol. The molecule has 110 valence electrons. The van der Waals surface area contributed by atoms with E-state index in [0.717, 1.165) is 12.8 Å². The van der Waals surface area contributed by atoms with E-state index in [4.69, 9.17) is 9.84 Å². The van der Waals surface area contributed by atoms with Gasteiger partial charge in [-0.05, 0) is 12.8 Å². The second kappa shape index (κ2) is 8.18. The number of esters is 1. The highest BCUT2D eigenvalue weighted by Crippen LogP contribution is 2.31. The summed E-state index contributed by atoms with van der Waals surface area (Å²) in [6.07, 6.45) is 8.56. The monoisotopic (exact) mass is 270 g/mol. The van der Waals surface area contributed by atoms with Crippen molar-refractivity contribution in [3.63, 3.8) is 0 Å². The smallest absolute Gasteiger partial charge is 0.311 e. The van der Waals surface area contributed by atoms with Crippen LogP contribution in [0.4, 0.5) is 0 Å². The minimum atomic E-state index is -0.911. The molecule has 3 atom stereocenters. The molecule has 0 bridgehead atoms. The van der Waals surface area contributed by atoms with E-state index in [9.17, 15) is 9.59 Å². The Bertz CT molecular complexity index is 301. The second-order valence-electron chi connectivity index (χ2n) is 5.54. The zero-order valence-corrected chi connectivity index (χ0v) is 12.1. The fourth-order valence-corrected chi connectivity index (χ4v) is 2.71. The van der Waals surface area contributed by atoms with Crippen LogP contribution >= 0.6 is 0 Å². The van der Waals surface area contributed by atoms with E-state index in [2.05, 4.69) is 6.92 Å². The van der Waals surface area contributed by atoms with Gasteiger partial charge in [0.05, 0.1) is 5.92 Å². The molecular weight excluding hydrogens is 244 g/mol. The molecule has 4 nitrogen and oxygen atoms in total. The van der Waals surface area contributed by atoms with Gasteiger partial charge in [-0.2, -0.15) is 0 Å². The zero-order chi connectivity index (χ0) is 14.3. The lowest BCUT2D eigenvalue weighted by atomic mass is 9.89. The van der Waals surface area contributed by atoms with Crippen LogP contribution in [0, 0.1) is 11.8 Å². The summed E-state index contributed by atoms with van der Waals surface area (Å²) in [5.74, 6) is -2.44. The maximum absolute atomic E-state index is 11.4. The van der Waals surface area contributed by atoms with Crippen molar-refractivity contribution >= 4 is 11.9 Å². The van der Waals surface area contributed by atoms with Crippen molar-refractivity contribution < 1.29 is 19.4 Å². The van der Waals surface area contributed by atoms with Crippen LogP contribution < -0.4 is 0 Å². The number of unbranched alkanes of at least 4 members (excludes halogenated alkanes) is 6. The number of aliphatic carboxylic acids is 1. The van der Waals surface area contributed by atoms with E-state index in [1.165, 1.54) is 32.1 Å². The van der Waals surface area contributed by atoms with E-state index >= 15 is 0 Å². The standard InChI is InChI=1S/C15H26O4/c1-3-4-5-6-7-8-9-10-12-13(14(16)17)11(2)15(18)19-12/h11-13H,3-10H2,1-2H3,(H,16,17). The molecule has 0 amide bonds. The number of carbonyl (C=O) groups is 2. The summed E-state index contributed by atoms with van der Waals surface area (Å²) in [5, 5.41) is 9.14. The van der Waals surface area contributed by atoms with Crippen molar-refractivity contribution in [1.82, 2.24) is 0 Å². The van der Waals surface area contributed by atoms with Gasteiger partial charge in [0, 0.05) is 0 Å². The van der Waals surface area contributed by atoms with E-state index < -0.39 is 23.9 Å². The van der Waals surface area contributed by atoms with Gasteiger partial charge in [0.2, 0.25) is 0 Å². The highest BCUT2D eigenvalue weighted by Gasteiger charge is 2.45. The zero-order valence-electron chi connectivity index (χ0n) is 12.1. The molecular formula is C15H26O4. The molecule has 1 N–H and O–H groups in total. The molecule has 3 unspecified atom stereocenters. The number of hydrogen-bond acceptors (Lipinski definition) is 3. The number of cyclic esters (lactones) is 1. The summed E-state index contributed by atoms with van der Waals surface area (Å²) in [7, 11) is 0. The van der Waals surface area contributed by atoms with Gasteiger partial charge in [0.1, 0.15) is 12.0 Å². The van der Waals surface area contributed by atoms with Crippen LogP contribution in [-0.2, 0) is 14.3 Å². The average molecular weight is 270 g/mol. The summed E-state index contributed by atoms with van der Waals surface area (Å²) in [5.41, 5.74) is 0. The quantitative estimate of drug-likeness (QED) is 0.515. The van der Waals surface area contributed by atoms with E-state index in [-0.39, 0.29) is 5.97 Å². The summed E-state index contributed by atoms with van der Waals surface area (Å²) in [6.45, 7) is 3.84. The Morgan fingerprint density at radius 1 is 1.16 bits per heavy atom. The first kappa shape index (κ1) is 16.0. The molecule has 1 heterocycles. The van der Waals surface area contributed by atoms with Crippen LogP contribution in [0.3, 0.4) is 0 Å². The van der Waals surface area contributed by atoms with Crippen LogP contribution in [0.1, 0.15) is 65.2 Å². The number of hydrogen-bond donors (Lipinski definition) is 1. The van der Waals surface area contributed by atoms with Crippen molar-refractivity contribution in [3.05, 3.63) is 0 Å².